The number of benzene rings is 1. The van der Waals surface area contributed by atoms with Gasteiger partial charge in [-0.15, -0.1) is 0 Å². The van der Waals surface area contributed by atoms with Crippen LogP contribution in [0.2, 0.25) is 0 Å². The molecule has 0 aliphatic carbocycles. The minimum atomic E-state index is -0.154. The number of nitrogens with zero attached hydrogens (tertiary/aromatic N) is 1. The van der Waals surface area contributed by atoms with Gasteiger partial charge in [0, 0.05) is 11.2 Å². The molecule has 0 N–H and O–H groups in total. The van der Waals surface area contributed by atoms with Crippen LogP contribution in [0, 0.1) is 0 Å². The summed E-state index contributed by atoms with van der Waals surface area (Å²) in [5, 5.41) is 0. The van der Waals surface area contributed by atoms with E-state index in [1.165, 1.54) is 11.1 Å². The van der Waals surface area contributed by atoms with E-state index in [4.69, 9.17) is 0 Å². The van der Waals surface area contributed by atoms with Crippen molar-refractivity contribution in [1.29, 1.82) is 0 Å². The molecule has 0 aromatic heterocycles. The summed E-state index contributed by atoms with van der Waals surface area (Å²) in [5.41, 5.74) is 3.53. The average molecular weight is 245 g/mol. The van der Waals surface area contributed by atoms with Gasteiger partial charge in [-0.05, 0) is 43.4 Å². The number of anilines is 1. The number of rotatable bonds is 0. The molecular formula is C16H23NO. The second kappa shape index (κ2) is 3.84. The summed E-state index contributed by atoms with van der Waals surface area (Å²) in [6, 6.07) is 6.29. The first kappa shape index (κ1) is 13.1. The number of carbonyl (C=O) groups excluding carboxylic acids is 1. The number of carbonyl (C=O) groups is 1. The summed E-state index contributed by atoms with van der Waals surface area (Å²) in [5.74, 6) is 0.217. The van der Waals surface area contributed by atoms with Gasteiger partial charge in [-0.2, -0.15) is 0 Å². The fraction of sp³-hybridized carbons (Fsp3) is 0.562. The maximum atomic E-state index is 12.3. The van der Waals surface area contributed by atoms with Gasteiger partial charge in [0.05, 0.1) is 6.42 Å². The van der Waals surface area contributed by atoms with Crippen molar-refractivity contribution in [1.82, 2.24) is 0 Å². The Hall–Kier alpha value is -1.31. The highest BCUT2D eigenvalue weighted by Crippen LogP contribution is 2.39. The van der Waals surface area contributed by atoms with Crippen LogP contribution in [0.4, 0.5) is 5.69 Å². The molecule has 0 atom stereocenters. The Morgan fingerprint density at radius 2 is 1.67 bits per heavy atom. The standard InChI is InChI=1S/C16H23NO/c1-15(2,3)12-8-7-9-13-11(12)10-14(18)17(13)16(4,5)6/h7-9H,10H2,1-6H3. The molecule has 1 aliphatic rings. The van der Waals surface area contributed by atoms with E-state index in [0.717, 1.165) is 5.69 Å². The first-order valence-electron chi connectivity index (χ1n) is 6.58. The summed E-state index contributed by atoms with van der Waals surface area (Å²) in [6.45, 7) is 12.9. The van der Waals surface area contributed by atoms with Crippen LogP contribution in [0.15, 0.2) is 18.2 Å². The predicted octanol–water partition coefficient (Wildman–Crippen LogP) is 3.67. The summed E-state index contributed by atoms with van der Waals surface area (Å²) >= 11 is 0. The molecule has 0 bridgehead atoms. The van der Waals surface area contributed by atoms with E-state index in [0.29, 0.717) is 6.42 Å². The fourth-order valence-corrected chi connectivity index (χ4v) is 2.77. The zero-order chi connectivity index (χ0) is 13.7. The third-order valence-electron chi connectivity index (χ3n) is 3.45. The van der Waals surface area contributed by atoms with Crippen molar-refractivity contribution in [2.45, 2.75) is 58.9 Å². The van der Waals surface area contributed by atoms with Crippen molar-refractivity contribution in [2.75, 3.05) is 4.90 Å². The van der Waals surface area contributed by atoms with Crippen LogP contribution in [-0.2, 0) is 16.6 Å². The van der Waals surface area contributed by atoms with Gasteiger partial charge < -0.3 is 4.90 Å². The van der Waals surface area contributed by atoms with Crippen LogP contribution in [0.25, 0.3) is 0 Å². The second-order valence-corrected chi connectivity index (χ2v) is 7.13. The Bertz CT molecular complexity index is 489. The molecule has 2 rings (SSSR count). The van der Waals surface area contributed by atoms with E-state index >= 15 is 0 Å². The van der Waals surface area contributed by atoms with Crippen molar-refractivity contribution in [3.63, 3.8) is 0 Å². The highest BCUT2D eigenvalue weighted by Gasteiger charge is 2.37. The molecule has 1 aromatic carbocycles. The van der Waals surface area contributed by atoms with Gasteiger partial charge in [0.15, 0.2) is 0 Å². The number of amides is 1. The molecule has 0 fully saturated rings. The SMILES string of the molecule is CC(C)(C)c1cccc2c1CC(=O)N2C(C)(C)C. The molecule has 0 saturated heterocycles. The van der Waals surface area contributed by atoms with Gasteiger partial charge in [-0.3, -0.25) is 4.79 Å². The van der Waals surface area contributed by atoms with Crippen molar-refractivity contribution >= 4 is 11.6 Å². The van der Waals surface area contributed by atoms with Crippen LogP contribution in [0.5, 0.6) is 0 Å². The molecule has 0 unspecified atom stereocenters. The molecule has 1 amide bonds. The van der Waals surface area contributed by atoms with Crippen LogP contribution in [-0.4, -0.2) is 11.4 Å². The zero-order valence-corrected chi connectivity index (χ0v) is 12.3. The Morgan fingerprint density at radius 3 is 2.17 bits per heavy atom. The molecule has 2 heteroatoms. The molecule has 0 radical (unpaired) electrons. The van der Waals surface area contributed by atoms with Crippen LogP contribution < -0.4 is 4.90 Å². The van der Waals surface area contributed by atoms with Crippen molar-refractivity contribution in [3.05, 3.63) is 29.3 Å². The van der Waals surface area contributed by atoms with E-state index in [2.05, 4.69) is 59.7 Å². The van der Waals surface area contributed by atoms with Crippen LogP contribution in [0.3, 0.4) is 0 Å². The topological polar surface area (TPSA) is 20.3 Å². The smallest absolute Gasteiger partial charge is 0.231 e. The van der Waals surface area contributed by atoms with Gasteiger partial charge in [-0.1, -0.05) is 32.9 Å². The Balaban J connectivity index is 2.60. The van der Waals surface area contributed by atoms with E-state index in [1.54, 1.807) is 0 Å². The van der Waals surface area contributed by atoms with Gasteiger partial charge in [0.1, 0.15) is 0 Å². The Morgan fingerprint density at radius 1 is 1.06 bits per heavy atom. The monoisotopic (exact) mass is 245 g/mol. The minimum absolute atomic E-state index is 0.0829. The zero-order valence-electron chi connectivity index (χ0n) is 12.3. The molecule has 0 saturated carbocycles. The van der Waals surface area contributed by atoms with Gasteiger partial charge in [-0.25, -0.2) is 0 Å². The highest BCUT2D eigenvalue weighted by molar-refractivity contribution is 6.03. The summed E-state index contributed by atoms with van der Waals surface area (Å²) in [4.78, 5) is 14.2. The normalized spacial score (nSPS) is 16.1. The Kier molecular flexibility index (Phi) is 2.80. The van der Waals surface area contributed by atoms with E-state index in [9.17, 15) is 4.79 Å². The lowest BCUT2D eigenvalue weighted by molar-refractivity contribution is -0.118. The molecule has 1 heterocycles. The van der Waals surface area contributed by atoms with Crippen molar-refractivity contribution in [3.8, 4) is 0 Å². The lowest BCUT2D eigenvalue weighted by Gasteiger charge is -2.33. The maximum Gasteiger partial charge on any atom is 0.231 e. The summed E-state index contributed by atoms with van der Waals surface area (Å²) in [6.07, 6.45) is 0.542. The molecule has 1 aliphatic heterocycles. The third kappa shape index (κ3) is 2.05. The maximum absolute atomic E-state index is 12.3. The number of fused-ring (bicyclic) bond motifs is 1. The van der Waals surface area contributed by atoms with E-state index < -0.39 is 0 Å². The second-order valence-electron chi connectivity index (χ2n) is 7.13. The van der Waals surface area contributed by atoms with Crippen molar-refractivity contribution in [2.24, 2.45) is 0 Å². The van der Waals surface area contributed by atoms with Crippen LogP contribution in [0.1, 0.15) is 52.7 Å². The van der Waals surface area contributed by atoms with E-state index in [-0.39, 0.29) is 16.9 Å². The number of hydrogen-bond acceptors (Lipinski definition) is 1. The van der Waals surface area contributed by atoms with Crippen LogP contribution >= 0.6 is 0 Å². The third-order valence-corrected chi connectivity index (χ3v) is 3.45. The largest absolute Gasteiger partial charge is 0.307 e. The van der Waals surface area contributed by atoms with Gasteiger partial charge in [0.25, 0.3) is 0 Å². The summed E-state index contributed by atoms with van der Waals surface area (Å²) < 4.78 is 0. The first-order valence-corrected chi connectivity index (χ1v) is 6.58. The highest BCUT2D eigenvalue weighted by atomic mass is 16.2. The Labute approximate surface area is 110 Å². The minimum Gasteiger partial charge on any atom is -0.307 e. The number of hydrogen-bond donors (Lipinski definition) is 0. The van der Waals surface area contributed by atoms with Gasteiger partial charge in [0.2, 0.25) is 5.91 Å². The lowest BCUT2D eigenvalue weighted by atomic mass is 9.83. The quantitative estimate of drug-likeness (QED) is 0.683. The predicted molar refractivity (Wildman–Crippen MR) is 76.1 cm³/mol. The molecule has 1 aromatic rings. The lowest BCUT2D eigenvalue weighted by Crippen LogP contribution is -2.43. The molecule has 18 heavy (non-hydrogen) atoms. The molecule has 0 spiro atoms. The van der Waals surface area contributed by atoms with Crippen molar-refractivity contribution < 1.29 is 4.79 Å². The fourth-order valence-electron chi connectivity index (χ4n) is 2.77. The first-order chi connectivity index (χ1) is 8.12. The molecule has 98 valence electrons. The molecular weight excluding hydrogens is 222 g/mol. The molecule has 2 nitrogen and oxygen atoms in total. The summed E-state index contributed by atoms with van der Waals surface area (Å²) in [7, 11) is 0. The average Bonchev–Trinajstić information content (AvgIpc) is 2.50. The van der Waals surface area contributed by atoms with E-state index in [1.807, 2.05) is 4.90 Å². The van der Waals surface area contributed by atoms with Gasteiger partial charge >= 0.3 is 0 Å².